The SMILES string of the molecule is CCCn1ncc(NC2CCN(C)CC2C)c(Br)c1=O. The van der Waals surface area contributed by atoms with Crippen molar-refractivity contribution >= 4 is 21.6 Å². The minimum absolute atomic E-state index is 0.0579. The number of anilines is 1. The zero-order valence-corrected chi connectivity index (χ0v) is 14.0. The largest absolute Gasteiger partial charge is 0.380 e. The molecular formula is C14H23BrN4O. The van der Waals surface area contributed by atoms with Crippen molar-refractivity contribution in [2.45, 2.75) is 39.3 Å². The van der Waals surface area contributed by atoms with Gasteiger partial charge in [0.2, 0.25) is 0 Å². The molecule has 2 rings (SSSR count). The second-order valence-corrected chi connectivity index (χ2v) is 6.47. The first-order valence-electron chi connectivity index (χ1n) is 7.23. The molecule has 1 aliphatic heterocycles. The lowest BCUT2D eigenvalue weighted by atomic mass is 9.94. The van der Waals surface area contributed by atoms with Crippen LogP contribution in [0.15, 0.2) is 15.5 Å². The van der Waals surface area contributed by atoms with E-state index in [2.05, 4.69) is 45.2 Å². The Morgan fingerprint density at radius 2 is 2.30 bits per heavy atom. The Morgan fingerprint density at radius 3 is 2.95 bits per heavy atom. The predicted octanol–water partition coefficient (Wildman–Crippen LogP) is 2.17. The highest BCUT2D eigenvalue weighted by Crippen LogP contribution is 2.23. The van der Waals surface area contributed by atoms with Gasteiger partial charge in [-0.15, -0.1) is 0 Å². The molecule has 2 heterocycles. The van der Waals surface area contributed by atoms with E-state index in [4.69, 9.17) is 0 Å². The summed E-state index contributed by atoms with van der Waals surface area (Å²) < 4.78 is 2.10. The Bertz CT molecular complexity index is 516. The molecule has 0 spiro atoms. The minimum Gasteiger partial charge on any atom is -0.380 e. The summed E-state index contributed by atoms with van der Waals surface area (Å²) in [4.78, 5) is 14.5. The van der Waals surface area contributed by atoms with Crippen LogP contribution in [0.5, 0.6) is 0 Å². The molecule has 1 aliphatic rings. The Balaban J connectivity index is 2.14. The molecule has 6 heteroatoms. The van der Waals surface area contributed by atoms with Crippen molar-refractivity contribution in [3.05, 3.63) is 21.0 Å². The van der Waals surface area contributed by atoms with Crippen molar-refractivity contribution in [3.63, 3.8) is 0 Å². The van der Waals surface area contributed by atoms with Crippen molar-refractivity contribution in [2.75, 3.05) is 25.5 Å². The highest BCUT2D eigenvalue weighted by molar-refractivity contribution is 9.10. The van der Waals surface area contributed by atoms with Crippen LogP contribution in [0.25, 0.3) is 0 Å². The average molecular weight is 343 g/mol. The van der Waals surface area contributed by atoms with Gasteiger partial charge in [-0.25, -0.2) is 4.68 Å². The summed E-state index contributed by atoms with van der Waals surface area (Å²) in [6.07, 6.45) is 3.74. The minimum atomic E-state index is -0.0579. The molecule has 0 bridgehead atoms. The standard InChI is InChI=1S/C14H23BrN4O/c1-4-6-19-14(20)13(15)12(8-16-19)17-11-5-7-18(3)9-10(11)2/h8,10-11,17H,4-7,9H2,1-3H3. The first kappa shape index (κ1) is 15.5. The van der Waals surface area contributed by atoms with Crippen molar-refractivity contribution in [1.82, 2.24) is 14.7 Å². The Kier molecular flexibility index (Phi) is 5.21. The maximum absolute atomic E-state index is 12.2. The van der Waals surface area contributed by atoms with E-state index >= 15 is 0 Å². The Labute approximate surface area is 128 Å². The summed E-state index contributed by atoms with van der Waals surface area (Å²) in [5.41, 5.74) is 0.751. The first-order valence-corrected chi connectivity index (χ1v) is 8.03. The lowest BCUT2D eigenvalue weighted by Crippen LogP contribution is -2.43. The van der Waals surface area contributed by atoms with Gasteiger partial charge in [0.15, 0.2) is 0 Å². The predicted molar refractivity (Wildman–Crippen MR) is 85.2 cm³/mol. The van der Waals surface area contributed by atoms with Crippen LogP contribution < -0.4 is 10.9 Å². The topological polar surface area (TPSA) is 50.2 Å². The monoisotopic (exact) mass is 342 g/mol. The van der Waals surface area contributed by atoms with Crippen molar-refractivity contribution in [1.29, 1.82) is 0 Å². The highest BCUT2D eigenvalue weighted by Gasteiger charge is 2.25. The van der Waals surface area contributed by atoms with Gasteiger partial charge >= 0.3 is 0 Å². The van der Waals surface area contributed by atoms with Gasteiger partial charge in [0, 0.05) is 19.1 Å². The quantitative estimate of drug-likeness (QED) is 0.910. The van der Waals surface area contributed by atoms with Gasteiger partial charge in [-0.05, 0) is 48.3 Å². The van der Waals surface area contributed by atoms with Crippen LogP contribution >= 0.6 is 15.9 Å². The molecule has 1 aromatic rings. The molecule has 1 aromatic heterocycles. The summed E-state index contributed by atoms with van der Waals surface area (Å²) >= 11 is 3.41. The zero-order valence-electron chi connectivity index (χ0n) is 12.4. The summed E-state index contributed by atoms with van der Waals surface area (Å²) in [7, 11) is 2.15. The molecule has 0 saturated carbocycles. The fraction of sp³-hybridized carbons (Fsp3) is 0.714. The number of nitrogens with one attached hydrogen (secondary N) is 1. The number of aromatic nitrogens is 2. The van der Waals surface area contributed by atoms with E-state index in [-0.39, 0.29) is 5.56 Å². The van der Waals surface area contributed by atoms with Gasteiger partial charge < -0.3 is 10.2 Å². The molecule has 0 aliphatic carbocycles. The van der Waals surface area contributed by atoms with Gasteiger partial charge in [0.1, 0.15) is 4.47 Å². The lowest BCUT2D eigenvalue weighted by Gasteiger charge is -2.35. The number of nitrogens with zero attached hydrogens (tertiary/aromatic N) is 3. The van der Waals surface area contributed by atoms with E-state index < -0.39 is 0 Å². The number of halogens is 1. The molecule has 112 valence electrons. The molecule has 1 saturated heterocycles. The molecular weight excluding hydrogens is 320 g/mol. The normalized spacial score (nSPS) is 23.8. The first-order chi connectivity index (χ1) is 9.52. The van der Waals surface area contributed by atoms with Gasteiger partial charge in [0.25, 0.3) is 5.56 Å². The van der Waals surface area contributed by atoms with E-state index in [0.717, 1.165) is 31.6 Å². The van der Waals surface area contributed by atoms with Crippen molar-refractivity contribution in [3.8, 4) is 0 Å². The van der Waals surface area contributed by atoms with Crippen LogP contribution in [0, 0.1) is 5.92 Å². The fourth-order valence-corrected chi connectivity index (χ4v) is 3.13. The van der Waals surface area contributed by atoms with Crippen LogP contribution in [-0.2, 0) is 6.54 Å². The molecule has 2 atom stereocenters. The molecule has 0 aromatic carbocycles. The van der Waals surface area contributed by atoms with Gasteiger partial charge in [-0.1, -0.05) is 13.8 Å². The smallest absolute Gasteiger partial charge is 0.283 e. The summed E-state index contributed by atoms with van der Waals surface area (Å²) in [6.45, 7) is 7.10. The van der Waals surface area contributed by atoms with Crippen molar-refractivity contribution < 1.29 is 0 Å². The van der Waals surface area contributed by atoms with Crippen LogP contribution in [0.2, 0.25) is 0 Å². The number of aryl methyl sites for hydroxylation is 1. The van der Waals surface area contributed by atoms with Gasteiger partial charge in [-0.3, -0.25) is 4.79 Å². The van der Waals surface area contributed by atoms with Gasteiger partial charge in [-0.2, -0.15) is 5.10 Å². The summed E-state index contributed by atoms with van der Waals surface area (Å²) in [5.74, 6) is 0.554. The molecule has 0 amide bonds. The highest BCUT2D eigenvalue weighted by atomic mass is 79.9. The maximum Gasteiger partial charge on any atom is 0.283 e. The average Bonchev–Trinajstić information content (AvgIpc) is 2.41. The molecule has 20 heavy (non-hydrogen) atoms. The van der Waals surface area contributed by atoms with E-state index in [1.165, 1.54) is 4.68 Å². The second kappa shape index (κ2) is 6.72. The Morgan fingerprint density at radius 1 is 1.55 bits per heavy atom. The second-order valence-electron chi connectivity index (χ2n) is 5.68. The van der Waals surface area contributed by atoms with Crippen LogP contribution in [0.4, 0.5) is 5.69 Å². The van der Waals surface area contributed by atoms with Gasteiger partial charge in [0.05, 0.1) is 11.9 Å². The summed E-state index contributed by atoms with van der Waals surface area (Å²) in [6, 6.07) is 0.394. The van der Waals surface area contributed by atoms with E-state index in [9.17, 15) is 4.79 Å². The molecule has 2 unspecified atom stereocenters. The molecule has 5 nitrogen and oxygen atoms in total. The number of hydrogen-bond donors (Lipinski definition) is 1. The third-order valence-electron chi connectivity index (χ3n) is 3.87. The molecule has 1 fully saturated rings. The third-order valence-corrected chi connectivity index (χ3v) is 4.64. The maximum atomic E-state index is 12.2. The van der Waals surface area contributed by atoms with Crippen LogP contribution in [0.3, 0.4) is 0 Å². The van der Waals surface area contributed by atoms with Crippen molar-refractivity contribution in [2.24, 2.45) is 5.92 Å². The Hall–Kier alpha value is -0.880. The number of hydrogen-bond acceptors (Lipinski definition) is 4. The number of likely N-dealkylation sites (tertiary alicyclic amines) is 1. The molecule has 0 radical (unpaired) electrons. The fourth-order valence-electron chi connectivity index (χ4n) is 2.71. The number of rotatable bonds is 4. The summed E-state index contributed by atoms with van der Waals surface area (Å²) in [5, 5.41) is 7.72. The van der Waals surface area contributed by atoms with Crippen LogP contribution in [0.1, 0.15) is 26.7 Å². The number of piperidine rings is 1. The van der Waals surface area contributed by atoms with E-state index in [1.54, 1.807) is 6.20 Å². The lowest BCUT2D eigenvalue weighted by molar-refractivity contribution is 0.206. The zero-order chi connectivity index (χ0) is 14.7. The van der Waals surface area contributed by atoms with E-state index in [1.807, 2.05) is 6.92 Å². The van der Waals surface area contributed by atoms with E-state index in [0.29, 0.717) is 23.0 Å². The third kappa shape index (κ3) is 3.41. The van der Waals surface area contributed by atoms with Crippen LogP contribution in [-0.4, -0.2) is 40.9 Å². The molecule has 1 N–H and O–H groups in total.